The third-order valence-electron chi connectivity index (χ3n) is 2.03. The van der Waals surface area contributed by atoms with Crippen LogP contribution in [-0.4, -0.2) is 41.1 Å². The highest BCUT2D eigenvalue weighted by atomic mass is 16.4. The molecule has 0 amide bonds. The van der Waals surface area contributed by atoms with Gasteiger partial charge in [0.2, 0.25) is 0 Å². The summed E-state index contributed by atoms with van der Waals surface area (Å²) in [5.41, 5.74) is 4.49. The zero-order chi connectivity index (χ0) is 10.5. The van der Waals surface area contributed by atoms with Gasteiger partial charge in [-0.3, -0.25) is 4.79 Å². The summed E-state index contributed by atoms with van der Waals surface area (Å²) in [6.07, 6.45) is 1.02. The van der Waals surface area contributed by atoms with Gasteiger partial charge in [-0.15, -0.1) is 0 Å². The molecular weight excluding hydrogens is 168 g/mol. The minimum Gasteiger partial charge on any atom is -0.480 e. The molecule has 0 radical (unpaired) electrons. The zero-order valence-corrected chi connectivity index (χ0v) is 8.71. The lowest BCUT2D eigenvalue weighted by Gasteiger charge is -2.28. The fourth-order valence-electron chi connectivity index (χ4n) is 1.20. The first-order valence-corrected chi connectivity index (χ1v) is 4.68. The summed E-state index contributed by atoms with van der Waals surface area (Å²) in [5.74, 6) is -0.943. The van der Waals surface area contributed by atoms with Gasteiger partial charge in [0.25, 0.3) is 0 Å². The molecule has 0 aliphatic carbocycles. The number of carboxylic acid groups (broad SMARTS) is 1. The summed E-state index contributed by atoms with van der Waals surface area (Å²) >= 11 is 0. The molecule has 78 valence electrons. The highest BCUT2D eigenvalue weighted by molar-refractivity contribution is 5.78. The number of hydrogen-bond donors (Lipinski definition) is 2. The SMILES string of the molecule is CCCN(CC)CC(C)(N)C(=O)O. The Morgan fingerprint density at radius 3 is 2.38 bits per heavy atom. The van der Waals surface area contributed by atoms with Crippen LogP contribution in [0.5, 0.6) is 0 Å². The highest BCUT2D eigenvalue weighted by Crippen LogP contribution is 2.03. The standard InChI is InChI=1S/C9H20N2O2/c1-4-6-11(5-2)7-9(3,10)8(12)13/h4-7,10H2,1-3H3,(H,12,13). The molecule has 0 aliphatic rings. The molecule has 0 aromatic carbocycles. The van der Waals surface area contributed by atoms with Crippen LogP contribution in [0.2, 0.25) is 0 Å². The van der Waals surface area contributed by atoms with Crippen molar-refractivity contribution >= 4 is 5.97 Å². The molecule has 0 aromatic heterocycles. The molecule has 0 saturated carbocycles. The Bertz CT molecular complexity index is 169. The van der Waals surface area contributed by atoms with E-state index >= 15 is 0 Å². The van der Waals surface area contributed by atoms with Crippen molar-refractivity contribution in [2.75, 3.05) is 19.6 Å². The van der Waals surface area contributed by atoms with Crippen LogP contribution in [0, 0.1) is 0 Å². The van der Waals surface area contributed by atoms with Gasteiger partial charge in [0.05, 0.1) is 0 Å². The summed E-state index contributed by atoms with van der Waals surface area (Å²) in [6.45, 7) is 7.77. The van der Waals surface area contributed by atoms with Gasteiger partial charge in [-0.05, 0) is 26.4 Å². The molecule has 3 N–H and O–H groups in total. The van der Waals surface area contributed by atoms with E-state index in [1.54, 1.807) is 6.92 Å². The third-order valence-corrected chi connectivity index (χ3v) is 2.03. The number of nitrogens with zero attached hydrogens (tertiary/aromatic N) is 1. The molecule has 0 aromatic rings. The van der Waals surface area contributed by atoms with Crippen LogP contribution in [0.1, 0.15) is 27.2 Å². The summed E-state index contributed by atoms with van der Waals surface area (Å²) in [4.78, 5) is 12.8. The molecule has 4 heteroatoms. The topological polar surface area (TPSA) is 66.6 Å². The maximum atomic E-state index is 10.7. The van der Waals surface area contributed by atoms with E-state index in [1.807, 2.05) is 11.8 Å². The number of likely N-dealkylation sites (N-methyl/N-ethyl adjacent to an activating group) is 1. The second kappa shape index (κ2) is 5.19. The van der Waals surface area contributed by atoms with Gasteiger partial charge >= 0.3 is 5.97 Å². The first kappa shape index (κ1) is 12.4. The number of rotatable bonds is 6. The Balaban J connectivity index is 4.13. The van der Waals surface area contributed by atoms with E-state index in [1.165, 1.54) is 0 Å². The van der Waals surface area contributed by atoms with E-state index in [9.17, 15) is 4.79 Å². The van der Waals surface area contributed by atoms with Crippen LogP contribution in [0.15, 0.2) is 0 Å². The molecule has 0 heterocycles. The molecule has 0 fully saturated rings. The number of aliphatic carboxylic acids is 1. The molecule has 1 atom stereocenters. The van der Waals surface area contributed by atoms with Crippen LogP contribution >= 0.6 is 0 Å². The number of carbonyl (C=O) groups is 1. The average Bonchev–Trinajstić information content (AvgIpc) is 2.03. The minimum atomic E-state index is -1.13. The van der Waals surface area contributed by atoms with Gasteiger partial charge in [0, 0.05) is 6.54 Å². The van der Waals surface area contributed by atoms with Gasteiger partial charge in [0.1, 0.15) is 5.54 Å². The monoisotopic (exact) mass is 188 g/mol. The second-order valence-electron chi connectivity index (χ2n) is 3.59. The van der Waals surface area contributed by atoms with Crippen LogP contribution in [0.4, 0.5) is 0 Å². The van der Waals surface area contributed by atoms with Crippen LogP contribution in [-0.2, 0) is 4.79 Å². The fourth-order valence-corrected chi connectivity index (χ4v) is 1.20. The lowest BCUT2D eigenvalue weighted by Crippen LogP contribution is -2.53. The Morgan fingerprint density at radius 1 is 1.54 bits per heavy atom. The van der Waals surface area contributed by atoms with E-state index in [0.717, 1.165) is 19.5 Å². The fraction of sp³-hybridized carbons (Fsp3) is 0.889. The van der Waals surface area contributed by atoms with E-state index in [-0.39, 0.29) is 0 Å². The third kappa shape index (κ3) is 4.24. The molecule has 0 rings (SSSR count). The quantitative estimate of drug-likeness (QED) is 0.637. The second-order valence-corrected chi connectivity index (χ2v) is 3.59. The molecule has 0 saturated heterocycles. The summed E-state index contributed by atoms with van der Waals surface area (Å²) in [6, 6.07) is 0. The zero-order valence-electron chi connectivity index (χ0n) is 8.71. The van der Waals surface area contributed by atoms with Crippen molar-refractivity contribution in [1.29, 1.82) is 0 Å². The summed E-state index contributed by atoms with van der Waals surface area (Å²) < 4.78 is 0. The predicted molar refractivity (Wildman–Crippen MR) is 52.6 cm³/mol. The van der Waals surface area contributed by atoms with Crippen LogP contribution in [0.3, 0.4) is 0 Å². The lowest BCUT2D eigenvalue weighted by molar-refractivity contribution is -0.143. The Hall–Kier alpha value is -0.610. The van der Waals surface area contributed by atoms with Gasteiger partial charge in [-0.2, -0.15) is 0 Å². The van der Waals surface area contributed by atoms with Gasteiger partial charge < -0.3 is 15.7 Å². The van der Waals surface area contributed by atoms with Crippen molar-refractivity contribution in [3.8, 4) is 0 Å². The first-order chi connectivity index (χ1) is 5.94. The maximum Gasteiger partial charge on any atom is 0.324 e. The number of hydrogen-bond acceptors (Lipinski definition) is 3. The van der Waals surface area contributed by atoms with Crippen molar-refractivity contribution in [2.24, 2.45) is 5.73 Å². The molecule has 4 nitrogen and oxygen atoms in total. The lowest BCUT2D eigenvalue weighted by atomic mass is 10.0. The Morgan fingerprint density at radius 2 is 2.08 bits per heavy atom. The van der Waals surface area contributed by atoms with Crippen molar-refractivity contribution in [2.45, 2.75) is 32.7 Å². The highest BCUT2D eigenvalue weighted by Gasteiger charge is 2.29. The van der Waals surface area contributed by atoms with Crippen LogP contribution < -0.4 is 5.73 Å². The molecule has 1 unspecified atom stereocenters. The molecular formula is C9H20N2O2. The number of nitrogens with two attached hydrogens (primary N) is 1. The smallest absolute Gasteiger partial charge is 0.324 e. The van der Waals surface area contributed by atoms with Crippen molar-refractivity contribution < 1.29 is 9.90 Å². The summed E-state index contributed by atoms with van der Waals surface area (Å²) in [5, 5.41) is 8.80. The Labute approximate surface area is 79.7 Å². The normalized spacial score (nSPS) is 15.8. The van der Waals surface area contributed by atoms with Crippen LogP contribution in [0.25, 0.3) is 0 Å². The molecule has 13 heavy (non-hydrogen) atoms. The van der Waals surface area contributed by atoms with Gasteiger partial charge in [0.15, 0.2) is 0 Å². The minimum absolute atomic E-state index is 0.409. The predicted octanol–water partition coefficient (Wildman–Crippen LogP) is 0.520. The van der Waals surface area contributed by atoms with E-state index in [2.05, 4.69) is 6.92 Å². The summed E-state index contributed by atoms with van der Waals surface area (Å²) in [7, 11) is 0. The van der Waals surface area contributed by atoms with Crippen molar-refractivity contribution in [3.63, 3.8) is 0 Å². The first-order valence-electron chi connectivity index (χ1n) is 4.68. The van der Waals surface area contributed by atoms with Gasteiger partial charge in [-0.1, -0.05) is 13.8 Å². The number of carboxylic acids is 1. The van der Waals surface area contributed by atoms with E-state index in [4.69, 9.17) is 10.8 Å². The maximum absolute atomic E-state index is 10.7. The Kier molecular flexibility index (Phi) is 4.95. The average molecular weight is 188 g/mol. The largest absolute Gasteiger partial charge is 0.480 e. The van der Waals surface area contributed by atoms with E-state index < -0.39 is 11.5 Å². The molecule has 0 bridgehead atoms. The molecule has 0 spiro atoms. The van der Waals surface area contributed by atoms with E-state index in [0.29, 0.717) is 6.54 Å². The van der Waals surface area contributed by atoms with Crippen molar-refractivity contribution in [1.82, 2.24) is 4.90 Å². The van der Waals surface area contributed by atoms with Crippen molar-refractivity contribution in [3.05, 3.63) is 0 Å². The van der Waals surface area contributed by atoms with Gasteiger partial charge in [-0.25, -0.2) is 0 Å². The molecule has 0 aliphatic heterocycles.